The summed E-state index contributed by atoms with van der Waals surface area (Å²) in [5, 5.41) is 2.81. The Morgan fingerprint density at radius 3 is 2.50 bits per heavy atom. The summed E-state index contributed by atoms with van der Waals surface area (Å²) in [7, 11) is 0. The van der Waals surface area contributed by atoms with Gasteiger partial charge in [-0.25, -0.2) is 9.97 Å². The van der Waals surface area contributed by atoms with Gasteiger partial charge in [0.05, 0.1) is 0 Å². The van der Waals surface area contributed by atoms with Gasteiger partial charge in [0, 0.05) is 38.8 Å². The van der Waals surface area contributed by atoms with Crippen LogP contribution in [-0.4, -0.2) is 53.6 Å². The molecule has 0 bridgehead atoms. The van der Waals surface area contributed by atoms with Gasteiger partial charge in [0.25, 0.3) is 5.91 Å². The minimum Gasteiger partial charge on any atom is -0.484 e. The first-order chi connectivity index (χ1) is 15.6. The summed E-state index contributed by atoms with van der Waals surface area (Å²) in [6.07, 6.45) is 1.49. The van der Waals surface area contributed by atoms with Crippen molar-refractivity contribution in [2.24, 2.45) is 0 Å². The number of benzene rings is 2. The maximum atomic E-state index is 12.3. The van der Waals surface area contributed by atoms with Crippen molar-refractivity contribution in [1.29, 1.82) is 0 Å². The first kappa shape index (κ1) is 21.8. The molecule has 3 aromatic rings. The zero-order valence-corrected chi connectivity index (χ0v) is 18.6. The lowest BCUT2D eigenvalue weighted by Crippen LogP contribution is -2.46. The van der Waals surface area contributed by atoms with E-state index in [2.05, 4.69) is 49.4 Å². The third-order valence-electron chi connectivity index (χ3n) is 5.71. The number of ether oxygens (including phenoxy) is 1. The van der Waals surface area contributed by atoms with Gasteiger partial charge in [0.15, 0.2) is 6.61 Å². The second-order valence-corrected chi connectivity index (χ2v) is 8.09. The summed E-state index contributed by atoms with van der Waals surface area (Å²) in [4.78, 5) is 25.6. The molecule has 32 heavy (non-hydrogen) atoms. The molecule has 1 fully saturated rings. The largest absolute Gasteiger partial charge is 0.484 e. The maximum absolute atomic E-state index is 12.3. The van der Waals surface area contributed by atoms with Gasteiger partial charge in [-0.05, 0) is 42.7 Å². The van der Waals surface area contributed by atoms with Gasteiger partial charge in [0.1, 0.15) is 23.7 Å². The van der Waals surface area contributed by atoms with Crippen LogP contribution in [0.15, 0.2) is 60.9 Å². The number of hydrogen-bond donors (Lipinski definition) is 1. The first-order valence-corrected chi connectivity index (χ1v) is 10.9. The minimum atomic E-state index is -0.249. The quantitative estimate of drug-likeness (QED) is 0.618. The van der Waals surface area contributed by atoms with Crippen LogP contribution in [0.25, 0.3) is 0 Å². The molecule has 7 heteroatoms. The van der Waals surface area contributed by atoms with E-state index in [1.165, 1.54) is 17.5 Å². The van der Waals surface area contributed by atoms with E-state index < -0.39 is 0 Å². The molecule has 2 heterocycles. The van der Waals surface area contributed by atoms with Crippen molar-refractivity contribution < 1.29 is 9.53 Å². The summed E-state index contributed by atoms with van der Waals surface area (Å²) >= 11 is 0. The van der Waals surface area contributed by atoms with E-state index in [0.717, 1.165) is 44.1 Å². The van der Waals surface area contributed by atoms with Crippen LogP contribution in [0, 0.1) is 13.8 Å². The molecule has 1 amide bonds. The van der Waals surface area contributed by atoms with Crippen molar-refractivity contribution in [2.45, 2.75) is 20.4 Å². The Morgan fingerprint density at radius 2 is 1.75 bits per heavy atom. The number of anilines is 2. The number of nitrogens with one attached hydrogen (secondary N) is 1. The third kappa shape index (κ3) is 5.82. The zero-order chi connectivity index (χ0) is 22.3. The fourth-order valence-electron chi connectivity index (χ4n) is 3.70. The lowest BCUT2D eigenvalue weighted by atomic mass is 10.1. The Balaban J connectivity index is 1.27. The molecule has 1 saturated heterocycles. The molecular formula is C25H29N5O2. The summed E-state index contributed by atoms with van der Waals surface area (Å²) in [5.74, 6) is 1.74. The van der Waals surface area contributed by atoms with E-state index in [1.807, 2.05) is 44.2 Å². The number of rotatable bonds is 7. The van der Waals surface area contributed by atoms with E-state index in [0.29, 0.717) is 11.6 Å². The average molecular weight is 432 g/mol. The van der Waals surface area contributed by atoms with Gasteiger partial charge >= 0.3 is 0 Å². The number of carbonyl (C=O) groups excluding carboxylic acids is 1. The zero-order valence-electron chi connectivity index (χ0n) is 18.6. The fraction of sp³-hybridized carbons (Fsp3) is 0.320. The highest BCUT2D eigenvalue weighted by molar-refractivity contribution is 5.91. The topological polar surface area (TPSA) is 70.6 Å². The molecule has 7 nitrogen and oxygen atoms in total. The number of hydrogen-bond acceptors (Lipinski definition) is 6. The number of nitrogens with zero attached hydrogens (tertiary/aromatic N) is 4. The van der Waals surface area contributed by atoms with Crippen molar-refractivity contribution in [3.63, 3.8) is 0 Å². The molecule has 0 saturated carbocycles. The van der Waals surface area contributed by atoms with Crippen LogP contribution >= 0.6 is 0 Å². The standard InChI is InChI=1S/C25H29N5O2/c1-19-8-9-22(14-20(19)2)32-17-25(31)28-23-15-24(27-18-26-23)30-12-10-29(11-13-30)16-21-6-4-3-5-7-21/h3-9,14-15,18H,10-13,16-17H2,1-2H3,(H,26,27,28,31). The van der Waals surface area contributed by atoms with E-state index in [-0.39, 0.29) is 12.5 Å². The van der Waals surface area contributed by atoms with Gasteiger partial charge in [-0.3, -0.25) is 9.69 Å². The number of carbonyl (C=O) groups is 1. The van der Waals surface area contributed by atoms with Gasteiger partial charge < -0.3 is 15.0 Å². The summed E-state index contributed by atoms with van der Waals surface area (Å²) in [6.45, 7) is 8.64. The van der Waals surface area contributed by atoms with Crippen LogP contribution in [0.5, 0.6) is 5.75 Å². The summed E-state index contributed by atoms with van der Waals surface area (Å²) in [6, 6.07) is 18.1. The highest BCUT2D eigenvalue weighted by Gasteiger charge is 2.19. The third-order valence-corrected chi connectivity index (χ3v) is 5.71. The molecule has 1 aromatic heterocycles. The SMILES string of the molecule is Cc1ccc(OCC(=O)Nc2cc(N3CCN(Cc4ccccc4)CC3)ncn2)cc1C. The van der Waals surface area contributed by atoms with Crippen molar-refractivity contribution in [3.8, 4) is 5.75 Å². The van der Waals surface area contributed by atoms with Crippen LogP contribution in [0.2, 0.25) is 0 Å². The average Bonchev–Trinajstić information content (AvgIpc) is 2.81. The van der Waals surface area contributed by atoms with E-state index >= 15 is 0 Å². The Kier molecular flexibility index (Phi) is 6.97. The Morgan fingerprint density at radius 1 is 0.969 bits per heavy atom. The molecule has 0 radical (unpaired) electrons. The predicted molar refractivity (Wildman–Crippen MR) is 126 cm³/mol. The highest BCUT2D eigenvalue weighted by atomic mass is 16.5. The van der Waals surface area contributed by atoms with Gasteiger partial charge in [-0.1, -0.05) is 36.4 Å². The van der Waals surface area contributed by atoms with Crippen molar-refractivity contribution in [1.82, 2.24) is 14.9 Å². The van der Waals surface area contributed by atoms with E-state index in [1.54, 1.807) is 0 Å². The van der Waals surface area contributed by atoms with Gasteiger partial charge in [-0.15, -0.1) is 0 Å². The second kappa shape index (κ2) is 10.2. The van der Waals surface area contributed by atoms with E-state index in [9.17, 15) is 4.79 Å². The van der Waals surface area contributed by atoms with Gasteiger partial charge in [-0.2, -0.15) is 0 Å². The molecule has 1 aliphatic rings. The van der Waals surface area contributed by atoms with Crippen molar-refractivity contribution in [3.05, 3.63) is 77.6 Å². The number of aromatic nitrogens is 2. The lowest BCUT2D eigenvalue weighted by Gasteiger charge is -2.35. The van der Waals surface area contributed by atoms with Crippen LogP contribution in [0.1, 0.15) is 16.7 Å². The Bertz CT molecular complexity index is 1050. The maximum Gasteiger partial charge on any atom is 0.263 e. The summed E-state index contributed by atoms with van der Waals surface area (Å²) < 4.78 is 5.61. The molecule has 166 valence electrons. The van der Waals surface area contributed by atoms with Crippen LogP contribution in [-0.2, 0) is 11.3 Å². The Labute approximate surface area is 189 Å². The molecular weight excluding hydrogens is 402 g/mol. The van der Waals surface area contributed by atoms with Gasteiger partial charge in [0.2, 0.25) is 0 Å². The normalized spacial score (nSPS) is 14.2. The molecule has 1 N–H and O–H groups in total. The number of aryl methyl sites for hydroxylation is 2. The van der Waals surface area contributed by atoms with Crippen LogP contribution in [0.4, 0.5) is 11.6 Å². The molecule has 0 atom stereocenters. The molecule has 2 aromatic carbocycles. The minimum absolute atomic E-state index is 0.0694. The van der Waals surface area contributed by atoms with Crippen LogP contribution in [0.3, 0.4) is 0 Å². The first-order valence-electron chi connectivity index (χ1n) is 10.9. The second-order valence-electron chi connectivity index (χ2n) is 8.09. The smallest absolute Gasteiger partial charge is 0.263 e. The molecule has 0 unspecified atom stereocenters. The predicted octanol–water partition coefficient (Wildman–Crippen LogP) is 3.43. The van der Waals surface area contributed by atoms with Crippen LogP contribution < -0.4 is 15.0 Å². The molecule has 4 rings (SSSR count). The van der Waals surface area contributed by atoms with E-state index in [4.69, 9.17) is 4.74 Å². The molecule has 0 aliphatic carbocycles. The highest BCUT2D eigenvalue weighted by Crippen LogP contribution is 2.18. The number of piperazine rings is 1. The van der Waals surface area contributed by atoms with Crippen molar-refractivity contribution in [2.75, 3.05) is 43.0 Å². The Hall–Kier alpha value is -3.45. The fourth-order valence-corrected chi connectivity index (χ4v) is 3.70. The lowest BCUT2D eigenvalue weighted by molar-refractivity contribution is -0.118. The molecule has 1 aliphatic heterocycles. The van der Waals surface area contributed by atoms with Crippen molar-refractivity contribution >= 4 is 17.5 Å². The molecule has 0 spiro atoms. The summed E-state index contributed by atoms with van der Waals surface area (Å²) in [5.41, 5.74) is 3.65. The monoisotopic (exact) mass is 431 g/mol. The number of amides is 1.